The van der Waals surface area contributed by atoms with Gasteiger partial charge in [0.25, 0.3) is 0 Å². The van der Waals surface area contributed by atoms with Crippen molar-refractivity contribution >= 4 is 11.8 Å². The lowest BCUT2D eigenvalue weighted by Gasteiger charge is -2.19. The number of para-hydroxylation sites is 1. The molecule has 0 bridgehead atoms. The summed E-state index contributed by atoms with van der Waals surface area (Å²) in [6, 6.07) is 10.0. The number of hydrogen-bond acceptors (Lipinski definition) is 3. The third-order valence-corrected chi connectivity index (χ3v) is 4.97. The van der Waals surface area contributed by atoms with Crippen molar-refractivity contribution in [1.82, 2.24) is 20.0 Å². The largest absolute Gasteiger partial charge is 0.355 e. The van der Waals surface area contributed by atoms with Gasteiger partial charge in [0.15, 0.2) is 0 Å². The van der Waals surface area contributed by atoms with Crippen molar-refractivity contribution in [1.29, 1.82) is 0 Å². The maximum Gasteiger partial charge on any atom is 0.239 e. The van der Waals surface area contributed by atoms with E-state index < -0.39 is 0 Å². The van der Waals surface area contributed by atoms with Gasteiger partial charge < -0.3 is 10.2 Å². The summed E-state index contributed by atoms with van der Waals surface area (Å²) in [5, 5.41) is 7.51. The van der Waals surface area contributed by atoms with Crippen LogP contribution in [0.25, 0.3) is 5.69 Å². The van der Waals surface area contributed by atoms with Crippen LogP contribution in [0.3, 0.4) is 0 Å². The molecule has 6 nitrogen and oxygen atoms in total. The van der Waals surface area contributed by atoms with Gasteiger partial charge in [-0.3, -0.25) is 9.59 Å². The summed E-state index contributed by atoms with van der Waals surface area (Å²) < 4.78 is 1.90. The van der Waals surface area contributed by atoms with Crippen molar-refractivity contribution in [3.63, 3.8) is 0 Å². The van der Waals surface area contributed by atoms with Gasteiger partial charge in [0.2, 0.25) is 11.8 Å². The first-order valence-corrected chi connectivity index (χ1v) is 9.78. The summed E-state index contributed by atoms with van der Waals surface area (Å²) >= 11 is 0. The topological polar surface area (TPSA) is 67.2 Å². The first kappa shape index (κ1) is 19.1. The number of nitrogens with one attached hydrogen (secondary N) is 1. The molecular weight excluding hydrogens is 340 g/mol. The Morgan fingerprint density at radius 2 is 2.00 bits per heavy atom. The van der Waals surface area contributed by atoms with Crippen molar-refractivity contribution in [3.8, 4) is 5.69 Å². The van der Waals surface area contributed by atoms with E-state index in [2.05, 4.69) is 16.6 Å². The van der Waals surface area contributed by atoms with Gasteiger partial charge >= 0.3 is 0 Å². The van der Waals surface area contributed by atoms with E-state index in [1.54, 1.807) is 4.90 Å². The number of carbonyl (C=O) groups is 2. The van der Waals surface area contributed by atoms with Gasteiger partial charge in [0, 0.05) is 25.7 Å². The monoisotopic (exact) mass is 368 g/mol. The molecule has 2 aromatic rings. The zero-order chi connectivity index (χ0) is 19.1. The molecule has 1 aromatic heterocycles. The first-order chi connectivity index (χ1) is 13.1. The van der Waals surface area contributed by atoms with Crippen LogP contribution in [-0.2, 0) is 16.0 Å². The Morgan fingerprint density at radius 1 is 1.19 bits per heavy atom. The molecular formula is C21H28N4O2. The van der Waals surface area contributed by atoms with E-state index in [4.69, 9.17) is 0 Å². The molecule has 0 spiro atoms. The van der Waals surface area contributed by atoms with Gasteiger partial charge in [0.05, 0.1) is 17.9 Å². The van der Waals surface area contributed by atoms with E-state index in [1.807, 2.05) is 41.9 Å². The molecule has 0 atom stereocenters. The Labute approximate surface area is 160 Å². The maximum atomic E-state index is 12.1. The summed E-state index contributed by atoms with van der Waals surface area (Å²) in [6.07, 6.45) is 7.33. The summed E-state index contributed by atoms with van der Waals surface area (Å²) in [4.78, 5) is 25.8. The van der Waals surface area contributed by atoms with E-state index >= 15 is 0 Å². The van der Waals surface area contributed by atoms with Gasteiger partial charge in [-0.2, -0.15) is 5.10 Å². The van der Waals surface area contributed by atoms with Crippen LogP contribution in [0.2, 0.25) is 0 Å². The van der Waals surface area contributed by atoms with Gasteiger partial charge in [-0.15, -0.1) is 0 Å². The predicted octanol–water partition coefficient (Wildman–Crippen LogP) is 2.63. The van der Waals surface area contributed by atoms with Crippen LogP contribution in [0.5, 0.6) is 0 Å². The number of hydrogen-bond donors (Lipinski definition) is 1. The zero-order valence-corrected chi connectivity index (χ0v) is 16.0. The average Bonchev–Trinajstić information content (AvgIpc) is 2.93. The summed E-state index contributed by atoms with van der Waals surface area (Å²) in [5.41, 5.74) is 3.25. The van der Waals surface area contributed by atoms with E-state index in [1.165, 1.54) is 5.56 Å². The summed E-state index contributed by atoms with van der Waals surface area (Å²) in [5.74, 6) is 0.0357. The molecule has 1 aliphatic heterocycles. The lowest BCUT2D eigenvalue weighted by atomic mass is 10.1. The van der Waals surface area contributed by atoms with Crippen LogP contribution >= 0.6 is 0 Å². The van der Waals surface area contributed by atoms with E-state index in [0.717, 1.165) is 43.5 Å². The molecule has 1 N–H and O–H groups in total. The molecule has 1 fully saturated rings. The second-order valence-corrected chi connectivity index (χ2v) is 7.10. The van der Waals surface area contributed by atoms with Crippen molar-refractivity contribution in [3.05, 3.63) is 47.8 Å². The standard InChI is InChI=1S/C21H28N4O2/c1-17-18(15-25(23-17)19-10-4-2-5-11-19)9-8-13-22-20(26)16-24-14-7-3-6-12-21(24)27/h2,4-5,10-11,15H,3,6-9,12-14,16H2,1H3,(H,22,26). The van der Waals surface area contributed by atoms with Crippen molar-refractivity contribution < 1.29 is 9.59 Å². The van der Waals surface area contributed by atoms with Crippen LogP contribution in [0, 0.1) is 6.92 Å². The van der Waals surface area contributed by atoms with Crippen LogP contribution < -0.4 is 5.32 Å². The molecule has 0 radical (unpaired) electrons. The molecule has 144 valence electrons. The zero-order valence-electron chi connectivity index (χ0n) is 16.0. The highest BCUT2D eigenvalue weighted by Gasteiger charge is 2.18. The smallest absolute Gasteiger partial charge is 0.239 e. The molecule has 1 aromatic carbocycles. The molecule has 6 heteroatoms. The normalized spacial score (nSPS) is 14.9. The second-order valence-electron chi connectivity index (χ2n) is 7.10. The number of benzene rings is 1. The number of aromatic nitrogens is 2. The highest BCUT2D eigenvalue weighted by molar-refractivity contribution is 5.84. The van der Waals surface area contributed by atoms with Crippen molar-refractivity contribution in [2.45, 2.75) is 45.4 Å². The van der Waals surface area contributed by atoms with Crippen molar-refractivity contribution in [2.24, 2.45) is 0 Å². The van der Waals surface area contributed by atoms with Gasteiger partial charge in [-0.25, -0.2) is 4.68 Å². The lowest BCUT2D eigenvalue weighted by molar-refractivity contribution is -0.135. The molecule has 2 heterocycles. The van der Waals surface area contributed by atoms with Crippen LogP contribution in [0.4, 0.5) is 0 Å². The van der Waals surface area contributed by atoms with Crippen molar-refractivity contribution in [2.75, 3.05) is 19.6 Å². The Morgan fingerprint density at radius 3 is 2.81 bits per heavy atom. The molecule has 0 unspecified atom stereocenters. The number of likely N-dealkylation sites (tertiary alicyclic amines) is 1. The minimum absolute atomic E-state index is 0.0676. The Bertz CT molecular complexity index is 770. The SMILES string of the molecule is Cc1nn(-c2ccccc2)cc1CCCNC(=O)CN1CCCCCC1=O. The summed E-state index contributed by atoms with van der Waals surface area (Å²) in [6.45, 7) is 3.50. The van der Waals surface area contributed by atoms with Crippen LogP contribution in [0.15, 0.2) is 36.5 Å². The fraction of sp³-hybridized carbons (Fsp3) is 0.476. The molecule has 3 rings (SSSR count). The molecule has 1 saturated heterocycles. The fourth-order valence-electron chi connectivity index (χ4n) is 3.40. The van der Waals surface area contributed by atoms with Crippen LogP contribution in [0.1, 0.15) is 43.4 Å². The number of rotatable bonds is 7. The number of amides is 2. The van der Waals surface area contributed by atoms with Gasteiger partial charge in [-0.1, -0.05) is 24.6 Å². The number of aryl methyl sites for hydroxylation is 2. The Kier molecular flexibility index (Phi) is 6.63. The quantitative estimate of drug-likeness (QED) is 0.764. The number of nitrogens with zero attached hydrogens (tertiary/aromatic N) is 3. The average molecular weight is 368 g/mol. The lowest BCUT2D eigenvalue weighted by Crippen LogP contribution is -2.40. The third-order valence-electron chi connectivity index (χ3n) is 4.97. The number of carbonyl (C=O) groups excluding carboxylic acids is 2. The van der Waals surface area contributed by atoms with E-state index in [9.17, 15) is 9.59 Å². The van der Waals surface area contributed by atoms with Gasteiger partial charge in [-0.05, 0) is 50.3 Å². The summed E-state index contributed by atoms with van der Waals surface area (Å²) in [7, 11) is 0. The fourth-order valence-corrected chi connectivity index (χ4v) is 3.40. The van der Waals surface area contributed by atoms with Gasteiger partial charge in [0.1, 0.15) is 0 Å². The Hall–Kier alpha value is -2.63. The molecule has 1 aliphatic rings. The Balaban J connectivity index is 1.43. The van der Waals surface area contributed by atoms with E-state index in [0.29, 0.717) is 19.5 Å². The third kappa shape index (κ3) is 5.42. The molecule has 2 amide bonds. The molecule has 0 saturated carbocycles. The van der Waals surface area contributed by atoms with E-state index in [-0.39, 0.29) is 18.4 Å². The highest BCUT2D eigenvalue weighted by atomic mass is 16.2. The minimum atomic E-state index is -0.0676. The molecule has 27 heavy (non-hydrogen) atoms. The maximum absolute atomic E-state index is 12.1. The predicted molar refractivity (Wildman–Crippen MR) is 105 cm³/mol. The minimum Gasteiger partial charge on any atom is -0.355 e. The van der Waals surface area contributed by atoms with Crippen LogP contribution in [-0.4, -0.2) is 46.1 Å². The molecule has 0 aliphatic carbocycles. The first-order valence-electron chi connectivity index (χ1n) is 9.78. The highest BCUT2D eigenvalue weighted by Crippen LogP contribution is 2.13. The second kappa shape index (κ2) is 9.35.